The molecule has 0 unspecified atom stereocenters. The van der Waals surface area contributed by atoms with E-state index in [4.69, 9.17) is 0 Å². The van der Waals surface area contributed by atoms with Gasteiger partial charge in [-0.25, -0.2) is 4.39 Å². The van der Waals surface area contributed by atoms with Crippen LogP contribution in [0.1, 0.15) is 5.56 Å². The van der Waals surface area contributed by atoms with Gasteiger partial charge in [0.25, 0.3) is 0 Å². The number of nitrogens with zero attached hydrogens (tertiary/aromatic N) is 1. The molecule has 0 spiro atoms. The van der Waals surface area contributed by atoms with Crippen LogP contribution >= 0.6 is 0 Å². The molecule has 3 nitrogen and oxygen atoms in total. The third-order valence-electron chi connectivity index (χ3n) is 2.14. The number of carbonyl (C=O) groups excluding carboxylic acids is 1. The molecule has 0 aliphatic heterocycles. The molecule has 0 amide bonds. The van der Waals surface area contributed by atoms with Crippen LogP contribution in [-0.2, 0) is 4.79 Å². The van der Waals surface area contributed by atoms with Gasteiger partial charge < -0.3 is 0 Å². The maximum atomic E-state index is 13.0. The summed E-state index contributed by atoms with van der Waals surface area (Å²) in [5.74, 6) is -0.308. The van der Waals surface area contributed by atoms with E-state index in [0.29, 0.717) is 17.5 Å². The lowest BCUT2D eigenvalue weighted by molar-refractivity contribution is -0.104. The first-order valence-electron chi connectivity index (χ1n) is 4.72. The first-order chi connectivity index (χ1) is 7.81. The highest BCUT2D eigenvalue weighted by Gasteiger charge is 2.05. The summed E-state index contributed by atoms with van der Waals surface area (Å²) >= 11 is 0. The largest absolute Gasteiger partial charge is 0.299 e. The quantitative estimate of drug-likeness (QED) is 0.632. The van der Waals surface area contributed by atoms with E-state index in [1.165, 1.54) is 18.2 Å². The summed E-state index contributed by atoms with van der Waals surface area (Å²) in [7, 11) is 0. The second-order valence-corrected chi connectivity index (χ2v) is 3.21. The highest BCUT2D eigenvalue weighted by atomic mass is 19.1. The number of hydrogen-bond acceptors (Lipinski definition) is 2. The Morgan fingerprint density at radius 3 is 3.00 bits per heavy atom. The Labute approximate surface area is 91.6 Å². The molecule has 0 aliphatic rings. The van der Waals surface area contributed by atoms with E-state index >= 15 is 0 Å². The molecule has 0 saturated carbocycles. The predicted molar refractivity (Wildman–Crippen MR) is 59.1 cm³/mol. The van der Waals surface area contributed by atoms with Crippen LogP contribution in [0.2, 0.25) is 0 Å². The minimum atomic E-state index is -0.308. The molecule has 0 saturated heterocycles. The number of hydrogen-bond donors (Lipinski definition) is 1. The predicted octanol–water partition coefficient (Wildman–Crippen LogP) is 2.43. The molecular formula is C12H9FN2O. The van der Waals surface area contributed by atoms with Gasteiger partial charge in [-0.05, 0) is 24.3 Å². The lowest BCUT2D eigenvalue weighted by Crippen LogP contribution is -1.82. The normalized spacial score (nSPS) is 10.8. The molecule has 2 aromatic rings. The van der Waals surface area contributed by atoms with Gasteiger partial charge in [-0.3, -0.25) is 9.89 Å². The van der Waals surface area contributed by atoms with Crippen LogP contribution in [0.3, 0.4) is 0 Å². The van der Waals surface area contributed by atoms with Gasteiger partial charge >= 0.3 is 0 Å². The third kappa shape index (κ3) is 2.06. The van der Waals surface area contributed by atoms with Gasteiger partial charge in [0.1, 0.15) is 12.1 Å². The molecule has 2 rings (SSSR count). The number of allylic oxidation sites excluding steroid dienone is 1. The molecule has 16 heavy (non-hydrogen) atoms. The molecular weight excluding hydrogens is 207 g/mol. The van der Waals surface area contributed by atoms with Crippen LogP contribution in [0, 0.1) is 5.82 Å². The van der Waals surface area contributed by atoms with Crippen molar-refractivity contribution in [3.05, 3.63) is 47.9 Å². The van der Waals surface area contributed by atoms with Gasteiger partial charge in [-0.2, -0.15) is 5.10 Å². The van der Waals surface area contributed by atoms with E-state index in [-0.39, 0.29) is 5.82 Å². The molecule has 1 heterocycles. The van der Waals surface area contributed by atoms with Crippen molar-refractivity contribution in [2.45, 2.75) is 0 Å². The van der Waals surface area contributed by atoms with Crippen LogP contribution in [-0.4, -0.2) is 16.5 Å². The molecule has 80 valence electrons. The highest BCUT2D eigenvalue weighted by Crippen LogP contribution is 2.22. The third-order valence-corrected chi connectivity index (χ3v) is 2.14. The Morgan fingerprint density at radius 2 is 2.25 bits per heavy atom. The van der Waals surface area contributed by atoms with Crippen molar-refractivity contribution in [2.24, 2.45) is 0 Å². The number of benzene rings is 1. The Balaban J connectivity index is 2.44. The molecule has 1 N–H and O–H groups in total. The molecule has 4 heteroatoms. The van der Waals surface area contributed by atoms with E-state index in [1.807, 2.05) is 0 Å². The minimum absolute atomic E-state index is 0.308. The van der Waals surface area contributed by atoms with E-state index in [0.717, 1.165) is 5.56 Å². The zero-order valence-corrected chi connectivity index (χ0v) is 8.35. The van der Waals surface area contributed by atoms with Crippen LogP contribution in [0.25, 0.3) is 17.3 Å². The number of H-pyrrole nitrogens is 1. The first kappa shape index (κ1) is 10.3. The second kappa shape index (κ2) is 4.53. The molecule has 0 radical (unpaired) electrons. The van der Waals surface area contributed by atoms with Gasteiger partial charge in [0, 0.05) is 11.1 Å². The molecule has 0 fully saturated rings. The van der Waals surface area contributed by atoms with Crippen molar-refractivity contribution in [3.63, 3.8) is 0 Å². The van der Waals surface area contributed by atoms with Gasteiger partial charge in [-0.1, -0.05) is 12.1 Å². The maximum Gasteiger partial charge on any atom is 0.142 e. The number of carbonyl (C=O) groups is 1. The fourth-order valence-corrected chi connectivity index (χ4v) is 1.44. The van der Waals surface area contributed by atoms with Gasteiger partial charge in [0.2, 0.25) is 0 Å². The number of rotatable bonds is 3. The number of halogens is 1. The standard InChI is InChI=1S/C12H9FN2O/c13-11-5-1-3-9(7-11)12-10(4-2-6-16)8-14-15-12/h1-8H,(H,14,15). The Hall–Kier alpha value is -2.23. The summed E-state index contributed by atoms with van der Waals surface area (Å²) < 4.78 is 13.0. The minimum Gasteiger partial charge on any atom is -0.299 e. The van der Waals surface area contributed by atoms with Crippen molar-refractivity contribution in [3.8, 4) is 11.3 Å². The fraction of sp³-hybridized carbons (Fsp3) is 0. The molecule has 1 aromatic heterocycles. The van der Waals surface area contributed by atoms with Crippen molar-refractivity contribution >= 4 is 12.4 Å². The topological polar surface area (TPSA) is 45.8 Å². The van der Waals surface area contributed by atoms with Crippen LogP contribution in [0.5, 0.6) is 0 Å². The fourth-order valence-electron chi connectivity index (χ4n) is 1.44. The second-order valence-electron chi connectivity index (χ2n) is 3.21. The van der Waals surface area contributed by atoms with Gasteiger partial charge in [0.15, 0.2) is 0 Å². The van der Waals surface area contributed by atoms with E-state index in [2.05, 4.69) is 10.2 Å². The van der Waals surface area contributed by atoms with E-state index in [9.17, 15) is 9.18 Å². The summed E-state index contributed by atoms with van der Waals surface area (Å²) in [6, 6.07) is 6.18. The summed E-state index contributed by atoms with van der Waals surface area (Å²) in [4.78, 5) is 10.2. The van der Waals surface area contributed by atoms with Gasteiger partial charge in [0.05, 0.1) is 11.9 Å². The van der Waals surface area contributed by atoms with E-state index < -0.39 is 0 Å². The number of aromatic amines is 1. The lowest BCUT2D eigenvalue weighted by atomic mass is 10.1. The molecule has 1 aromatic carbocycles. The summed E-state index contributed by atoms with van der Waals surface area (Å²) in [6.45, 7) is 0. The zero-order valence-electron chi connectivity index (χ0n) is 8.35. The molecule has 0 bridgehead atoms. The lowest BCUT2D eigenvalue weighted by Gasteiger charge is -1.99. The molecule has 0 atom stereocenters. The Bertz CT molecular complexity index is 531. The number of aldehydes is 1. The van der Waals surface area contributed by atoms with Crippen molar-refractivity contribution < 1.29 is 9.18 Å². The summed E-state index contributed by atoms with van der Waals surface area (Å²) in [5.41, 5.74) is 2.14. The average molecular weight is 216 g/mol. The Kier molecular flexibility index (Phi) is 2.91. The van der Waals surface area contributed by atoms with Crippen molar-refractivity contribution in [1.82, 2.24) is 10.2 Å². The van der Waals surface area contributed by atoms with E-state index in [1.54, 1.807) is 24.4 Å². The Morgan fingerprint density at radius 1 is 1.38 bits per heavy atom. The number of nitrogens with one attached hydrogen (secondary N) is 1. The maximum absolute atomic E-state index is 13.0. The smallest absolute Gasteiger partial charge is 0.142 e. The molecule has 0 aliphatic carbocycles. The first-order valence-corrected chi connectivity index (χ1v) is 4.72. The summed E-state index contributed by atoms with van der Waals surface area (Å²) in [5, 5.41) is 6.64. The van der Waals surface area contributed by atoms with Crippen molar-refractivity contribution in [2.75, 3.05) is 0 Å². The van der Waals surface area contributed by atoms with Crippen LogP contribution in [0.15, 0.2) is 36.5 Å². The van der Waals surface area contributed by atoms with Gasteiger partial charge in [-0.15, -0.1) is 0 Å². The zero-order chi connectivity index (χ0) is 11.4. The van der Waals surface area contributed by atoms with Crippen LogP contribution < -0.4 is 0 Å². The van der Waals surface area contributed by atoms with Crippen molar-refractivity contribution in [1.29, 1.82) is 0 Å². The monoisotopic (exact) mass is 216 g/mol. The van der Waals surface area contributed by atoms with Crippen LogP contribution in [0.4, 0.5) is 4.39 Å². The average Bonchev–Trinajstić information content (AvgIpc) is 2.74. The SMILES string of the molecule is O=CC=Cc1cn[nH]c1-c1cccc(F)c1. The summed E-state index contributed by atoms with van der Waals surface area (Å²) in [6.07, 6.45) is 5.26. The highest BCUT2D eigenvalue weighted by molar-refractivity contribution is 5.79. The number of aromatic nitrogens is 2.